The lowest BCUT2D eigenvalue weighted by Gasteiger charge is -2.23. The summed E-state index contributed by atoms with van der Waals surface area (Å²) < 4.78 is 10.6. The monoisotopic (exact) mass is 253 g/mol. The minimum Gasteiger partial charge on any atom is -0.371 e. The average Bonchev–Trinajstić information content (AvgIpc) is 3.15. The van der Waals surface area contributed by atoms with Crippen LogP contribution in [0, 0.1) is 6.92 Å². The number of aryl methyl sites for hydroxylation is 1. The molecule has 92 valence electrons. The highest BCUT2D eigenvalue weighted by Gasteiger charge is 2.30. The Kier molecular flexibility index (Phi) is 2.99. The van der Waals surface area contributed by atoms with Gasteiger partial charge in [-0.1, -0.05) is 17.7 Å². The molecule has 0 aliphatic carbocycles. The maximum atomic E-state index is 6.17. The van der Waals surface area contributed by atoms with Crippen LogP contribution in [-0.4, -0.2) is 38.5 Å². The van der Waals surface area contributed by atoms with Gasteiger partial charge in [-0.2, -0.15) is 0 Å². The van der Waals surface area contributed by atoms with Gasteiger partial charge in [-0.3, -0.25) is 0 Å². The van der Waals surface area contributed by atoms with Crippen LogP contribution in [-0.2, 0) is 9.47 Å². The Morgan fingerprint density at radius 2 is 1.82 bits per heavy atom. The molecule has 1 aromatic carbocycles. The molecule has 2 unspecified atom stereocenters. The Hall–Kier alpha value is -0.770. The number of nitrogens with zero attached hydrogens (tertiary/aromatic N) is 1. The van der Waals surface area contributed by atoms with E-state index in [1.807, 2.05) is 13.0 Å². The zero-order valence-electron chi connectivity index (χ0n) is 9.86. The van der Waals surface area contributed by atoms with E-state index in [-0.39, 0.29) is 0 Å². The Morgan fingerprint density at radius 3 is 2.29 bits per heavy atom. The van der Waals surface area contributed by atoms with Gasteiger partial charge in [0, 0.05) is 23.8 Å². The first-order valence-corrected chi connectivity index (χ1v) is 6.34. The molecule has 3 rings (SSSR count). The summed E-state index contributed by atoms with van der Waals surface area (Å²) in [5.74, 6) is 0. The molecule has 1 aromatic rings. The van der Waals surface area contributed by atoms with E-state index in [0.29, 0.717) is 12.2 Å². The molecule has 0 amide bonds. The highest BCUT2D eigenvalue weighted by atomic mass is 35.5. The molecule has 4 heteroatoms. The molecular weight excluding hydrogens is 238 g/mol. The molecule has 0 aromatic heterocycles. The Bertz CT molecular complexity index is 402. The topological polar surface area (TPSA) is 28.3 Å². The normalized spacial score (nSPS) is 25.8. The summed E-state index contributed by atoms with van der Waals surface area (Å²) in [5, 5.41) is 0.820. The summed E-state index contributed by atoms with van der Waals surface area (Å²) in [4.78, 5) is 2.31. The van der Waals surface area contributed by atoms with Crippen molar-refractivity contribution in [1.29, 1.82) is 0 Å². The number of anilines is 1. The highest BCUT2D eigenvalue weighted by Crippen LogP contribution is 2.26. The number of hydrogen-bond acceptors (Lipinski definition) is 3. The second-order valence-electron chi connectivity index (χ2n) is 4.75. The van der Waals surface area contributed by atoms with Gasteiger partial charge in [0.2, 0.25) is 0 Å². The van der Waals surface area contributed by atoms with Crippen molar-refractivity contribution in [3.8, 4) is 0 Å². The summed E-state index contributed by atoms with van der Waals surface area (Å²) in [6.07, 6.45) is 0.766. The number of epoxide rings is 2. The summed E-state index contributed by atoms with van der Waals surface area (Å²) in [6, 6.07) is 6.21. The van der Waals surface area contributed by atoms with E-state index in [1.165, 1.54) is 0 Å². The molecule has 2 heterocycles. The van der Waals surface area contributed by atoms with Crippen LogP contribution < -0.4 is 4.90 Å². The van der Waals surface area contributed by atoms with Crippen molar-refractivity contribution in [2.24, 2.45) is 0 Å². The third-order valence-electron chi connectivity index (χ3n) is 3.17. The fourth-order valence-electron chi connectivity index (χ4n) is 1.90. The van der Waals surface area contributed by atoms with E-state index in [4.69, 9.17) is 21.1 Å². The van der Waals surface area contributed by atoms with Crippen molar-refractivity contribution in [2.45, 2.75) is 19.1 Å². The van der Waals surface area contributed by atoms with E-state index in [0.717, 1.165) is 42.6 Å². The van der Waals surface area contributed by atoms with Gasteiger partial charge < -0.3 is 14.4 Å². The van der Waals surface area contributed by atoms with Crippen molar-refractivity contribution in [3.05, 3.63) is 28.8 Å². The minimum atomic E-state index is 0.383. The summed E-state index contributed by atoms with van der Waals surface area (Å²) in [6.45, 7) is 5.63. The molecule has 0 radical (unpaired) electrons. The largest absolute Gasteiger partial charge is 0.371 e. The number of ether oxygens (including phenoxy) is 2. The highest BCUT2D eigenvalue weighted by molar-refractivity contribution is 6.31. The molecule has 3 nitrogen and oxygen atoms in total. The predicted molar refractivity (Wildman–Crippen MR) is 67.9 cm³/mol. The fraction of sp³-hybridized carbons (Fsp3) is 0.538. The molecule has 2 saturated heterocycles. The third-order valence-corrected chi connectivity index (χ3v) is 3.58. The van der Waals surface area contributed by atoms with Gasteiger partial charge in [0.25, 0.3) is 0 Å². The SMILES string of the molecule is Cc1ccc(N(CC2CO2)CC2CO2)cc1Cl. The molecule has 0 spiro atoms. The summed E-state index contributed by atoms with van der Waals surface area (Å²) in [7, 11) is 0. The summed E-state index contributed by atoms with van der Waals surface area (Å²) in [5.41, 5.74) is 2.27. The standard InChI is InChI=1S/C13H16ClNO2/c1-9-2-3-10(4-13(9)14)15(5-11-7-16-11)6-12-8-17-12/h2-4,11-12H,5-8H2,1H3. The van der Waals surface area contributed by atoms with Crippen LogP contribution in [0.25, 0.3) is 0 Å². The second-order valence-corrected chi connectivity index (χ2v) is 5.16. The van der Waals surface area contributed by atoms with Crippen LogP contribution in [0.5, 0.6) is 0 Å². The van der Waals surface area contributed by atoms with Crippen molar-refractivity contribution >= 4 is 17.3 Å². The van der Waals surface area contributed by atoms with Crippen molar-refractivity contribution in [1.82, 2.24) is 0 Å². The maximum Gasteiger partial charge on any atom is 0.0984 e. The van der Waals surface area contributed by atoms with Crippen LogP contribution in [0.1, 0.15) is 5.56 Å². The molecule has 2 fully saturated rings. The minimum absolute atomic E-state index is 0.383. The van der Waals surface area contributed by atoms with Crippen LogP contribution in [0.4, 0.5) is 5.69 Å². The van der Waals surface area contributed by atoms with E-state index in [1.54, 1.807) is 0 Å². The molecule has 0 N–H and O–H groups in total. The third kappa shape index (κ3) is 2.92. The van der Waals surface area contributed by atoms with Crippen LogP contribution in [0.2, 0.25) is 5.02 Å². The maximum absolute atomic E-state index is 6.17. The van der Waals surface area contributed by atoms with E-state index in [2.05, 4.69) is 17.0 Å². The smallest absolute Gasteiger partial charge is 0.0984 e. The lowest BCUT2D eigenvalue weighted by Crippen LogP contribution is -2.31. The van der Waals surface area contributed by atoms with E-state index >= 15 is 0 Å². The lowest BCUT2D eigenvalue weighted by molar-refractivity contribution is 0.389. The van der Waals surface area contributed by atoms with Gasteiger partial charge in [-0.15, -0.1) is 0 Å². The molecule has 2 aliphatic heterocycles. The van der Waals surface area contributed by atoms with Crippen LogP contribution in [0.15, 0.2) is 18.2 Å². The zero-order chi connectivity index (χ0) is 11.8. The van der Waals surface area contributed by atoms with E-state index < -0.39 is 0 Å². The molecule has 0 bridgehead atoms. The quantitative estimate of drug-likeness (QED) is 0.754. The van der Waals surface area contributed by atoms with Gasteiger partial charge in [0.15, 0.2) is 0 Å². The second kappa shape index (κ2) is 4.48. The number of halogens is 1. The van der Waals surface area contributed by atoms with Gasteiger partial charge in [-0.05, 0) is 24.6 Å². The van der Waals surface area contributed by atoms with Crippen molar-refractivity contribution < 1.29 is 9.47 Å². The first kappa shape index (κ1) is 11.3. The number of benzene rings is 1. The molecule has 2 atom stereocenters. The van der Waals surface area contributed by atoms with Gasteiger partial charge in [0.05, 0.1) is 25.4 Å². The molecular formula is C13H16ClNO2. The lowest BCUT2D eigenvalue weighted by atomic mass is 10.2. The number of rotatable bonds is 5. The van der Waals surface area contributed by atoms with Gasteiger partial charge in [0.1, 0.15) is 0 Å². The Balaban J connectivity index is 1.76. The van der Waals surface area contributed by atoms with Gasteiger partial charge in [-0.25, -0.2) is 0 Å². The number of hydrogen-bond donors (Lipinski definition) is 0. The van der Waals surface area contributed by atoms with Gasteiger partial charge >= 0.3 is 0 Å². The first-order chi connectivity index (χ1) is 8.22. The first-order valence-electron chi connectivity index (χ1n) is 5.96. The Labute approximate surface area is 106 Å². The zero-order valence-corrected chi connectivity index (χ0v) is 10.6. The van der Waals surface area contributed by atoms with Crippen LogP contribution in [0.3, 0.4) is 0 Å². The average molecular weight is 254 g/mol. The van der Waals surface area contributed by atoms with E-state index in [9.17, 15) is 0 Å². The molecule has 2 aliphatic rings. The van der Waals surface area contributed by atoms with Crippen LogP contribution >= 0.6 is 11.6 Å². The summed E-state index contributed by atoms with van der Waals surface area (Å²) >= 11 is 6.17. The van der Waals surface area contributed by atoms with Crippen molar-refractivity contribution in [2.75, 3.05) is 31.2 Å². The van der Waals surface area contributed by atoms with Crippen molar-refractivity contribution in [3.63, 3.8) is 0 Å². The molecule has 17 heavy (non-hydrogen) atoms. The molecule has 0 saturated carbocycles. The Morgan fingerprint density at radius 1 is 1.24 bits per heavy atom. The predicted octanol–water partition coefficient (Wildman–Crippen LogP) is 2.25. The fourth-order valence-corrected chi connectivity index (χ4v) is 2.08.